The Bertz CT molecular complexity index is 695. The van der Waals surface area contributed by atoms with Gasteiger partial charge in [0.25, 0.3) is 0 Å². The van der Waals surface area contributed by atoms with Crippen molar-refractivity contribution in [2.45, 2.75) is 20.8 Å². The molecule has 0 aliphatic rings. The first kappa shape index (κ1) is 13.1. The van der Waals surface area contributed by atoms with E-state index in [0.29, 0.717) is 5.82 Å². The third kappa shape index (κ3) is 2.57. The van der Waals surface area contributed by atoms with E-state index in [-0.39, 0.29) is 2.85 Å². The SMILES string of the molecule is CC.Cc1cc(N)nnc1-c1ccc2cc[nH]c2c1.[HH].[HH]. The minimum absolute atomic E-state index is 0. The lowest BCUT2D eigenvalue weighted by Crippen LogP contribution is -1.97. The molecule has 4 heteroatoms. The highest BCUT2D eigenvalue weighted by atomic mass is 15.1. The normalized spacial score (nSPS) is 10.1. The molecule has 3 aromatic rings. The van der Waals surface area contributed by atoms with E-state index in [1.165, 1.54) is 5.39 Å². The monoisotopic (exact) mass is 258 g/mol. The highest BCUT2D eigenvalue weighted by Gasteiger charge is 2.06. The van der Waals surface area contributed by atoms with E-state index < -0.39 is 0 Å². The van der Waals surface area contributed by atoms with E-state index in [2.05, 4.69) is 27.3 Å². The standard InChI is InChI=1S/C13H12N4.C2H6.2H2/c1-8-6-12(14)16-17-13(8)10-3-2-9-4-5-15-11(9)7-10;1-2;;/h2-7,15H,1H3,(H2,14,16);1-2H3;2*1H. The van der Waals surface area contributed by atoms with E-state index in [4.69, 9.17) is 5.73 Å². The number of hydrogen-bond acceptors (Lipinski definition) is 3. The minimum Gasteiger partial charge on any atom is -0.382 e. The zero-order chi connectivity index (χ0) is 13.8. The molecule has 0 radical (unpaired) electrons. The van der Waals surface area contributed by atoms with Crippen molar-refractivity contribution in [3.63, 3.8) is 0 Å². The summed E-state index contributed by atoms with van der Waals surface area (Å²) in [5, 5.41) is 9.24. The van der Waals surface area contributed by atoms with Crippen molar-refractivity contribution in [1.82, 2.24) is 15.2 Å². The fraction of sp³-hybridized carbons (Fsp3) is 0.200. The second kappa shape index (κ2) is 5.52. The molecule has 0 saturated carbocycles. The van der Waals surface area contributed by atoms with Crippen LogP contribution < -0.4 is 5.73 Å². The summed E-state index contributed by atoms with van der Waals surface area (Å²) >= 11 is 0. The summed E-state index contributed by atoms with van der Waals surface area (Å²) in [5.41, 5.74) is 9.65. The molecule has 3 N–H and O–H groups in total. The maximum atomic E-state index is 5.60. The van der Waals surface area contributed by atoms with Crippen molar-refractivity contribution in [2.75, 3.05) is 5.73 Å². The Morgan fingerprint density at radius 3 is 2.63 bits per heavy atom. The fourth-order valence-electron chi connectivity index (χ4n) is 1.99. The summed E-state index contributed by atoms with van der Waals surface area (Å²) in [6.07, 6.45) is 1.93. The number of aromatic amines is 1. The number of aryl methyl sites for hydroxylation is 1. The highest BCUT2D eigenvalue weighted by molar-refractivity contribution is 5.84. The molecule has 3 rings (SSSR count). The number of nitrogen functional groups attached to an aromatic ring is 1. The van der Waals surface area contributed by atoms with Gasteiger partial charge >= 0.3 is 0 Å². The predicted molar refractivity (Wildman–Crippen MR) is 84.1 cm³/mol. The number of nitrogens with two attached hydrogens (primary N) is 1. The Balaban J connectivity index is 0.000000961. The largest absolute Gasteiger partial charge is 0.382 e. The molecule has 0 spiro atoms. The molecule has 102 valence electrons. The number of benzene rings is 1. The molecule has 0 saturated heterocycles. The number of hydrogen-bond donors (Lipinski definition) is 2. The average molecular weight is 258 g/mol. The third-order valence-electron chi connectivity index (χ3n) is 2.83. The summed E-state index contributed by atoms with van der Waals surface area (Å²) in [5.74, 6) is 0.451. The van der Waals surface area contributed by atoms with Crippen molar-refractivity contribution in [1.29, 1.82) is 0 Å². The molecule has 0 aliphatic heterocycles. The summed E-state index contributed by atoms with van der Waals surface area (Å²) < 4.78 is 0. The molecular weight excluding hydrogens is 236 g/mol. The van der Waals surface area contributed by atoms with Crippen molar-refractivity contribution in [2.24, 2.45) is 0 Å². The number of rotatable bonds is 1. The van der Waals surface area contributed by atoms with Gasteiger partial charge < -0.3 is 10.7 Å². The maximum absolute atomic E-state index is 5.60. The van der Waals surface area contributed by atoms with Crippen LogP contribution in [0.3, 0.4) is 0 Å². The van der Waals surface area contributed by atoms with Crippen LogP contribution in [0, 0.1) is 6.92 Å². The Morgan fingerprint density at radius 2 is 1.89 bits per heavy atom. The van der Waals surface area contributed by atoms with Gasteiger partial charge in [0, 0.05) is 20.1 Å². The number of nitrogens with one attached hydrogen (secondary N) is 1. The molecule has 0 fully saturated rings. The van der Waals surface area contributed by atoms with Gasteiger partial charge in [0.2, 0.25) is 0 Å². The second-order valence-corrected chi connectivity index (χ2v) is 4.08. The molecule has 1 aromatic carbocycles. The topological polar surface area (TPSA) is 67.6 Å². The van der Waals surface area contributed by atoms with Crippen LogP contribution in [0.1, 0.15) is 22.3 Å². The molecule has 2 aromatic heterocycles. The van der Waals surface area contributed by atoms with E-state index in [1.807, 2.05) is 45.2 Å². The number of anilines is 1. The molecule has 4 nitrogen and oxygen atoms in total. The van der Waals surface area contributed by atoms with Crippen LogP contribution >= 0.6 is 0 Å². The van der Waals surface area contributed by atoms with E-state index in [1.54, 1.807) is 0 Å². The zero-order valence-corrected chi connectivity index (χ0v) is 11.4. The minimum atomic E-state index is 0. The van der Waals surface area contributed by atoms with E-state index >= 15 is 0 Å². The van der Waals surface area contributed by atoms with E-state index in [9.17, 15) is 0 Å². The Kier molecular flexibility index (Phi) is 3.80. The summed E-state index contributed by atoms with van der Waals surface area (Å²) in [6, 6.07) is 10.1. The third-order valence-corrected chi connectivity index (χ3v) is 2.83. The predicted octanol–water partition coefficient (Wildman–Crippen LogP) is 4.03. The van der Waals surface area contributed by atoms with Crippen LogP contribution in [0.15, 0.2) is 36.5 Å². The van der Waals surface area contributed by atoms with Gasteiger partial charge in [0.05, 0.1) is 5.69 Å². The lowest BCUT2D eigenvalue weighted by molar-refractivity contribution is 1.03. The second-order valence-electron chi connectivity index (χ2n) is 4.08. The van der Waals surface area contributed by atoms with Crippen LogP contribution in [-0.4, -0.2) is 15.2 Å². The van der Waals surface area contributed by atoms with Crippen LogP contribution in [0.5, 0.6) is 0 Å². The molecule has 2 heterocycles. The van der Waals surface area contributed by atoms with Gasteiger partial charge in [-0.2, -0.15) is 0 Å². The van der Waals surface area contributed by atoms with Crippen LogP contribution in [0.4, 0.5) is 5.82 Å². The number of fused-ring (bicyclic) bond motifs is 1. The molecule has 19 heavy (non-hydrogen) atoms. The Hall–Kier alpha value is -2.36. The number of nitrogens with zero attached hydrogens (tertiary/aromatic N) is 2. The van der Waals surface area contributed by atoms with Crippen LogP contribution in [-0.2, 0) is 0 Å². The summed E-state index contributed by atoms with van der Waals surface area (Å²) in [6.45, 7) is 5.99. The van der Waals surface area contributed by atoms with Crippen molar-refractivity contribution in [3.8, 4) is 11.3 Å². The first-order chi connectivity index (χ1) is 9.24. The van der Waals surface area contributed by atoms with Crippen molar-refractivity contribution < 1.29 is 2.85 Å². The number of H-pyrrole nitrogens is 1. The van der Waals surface area contributed by atoms with Crippen molar-refractivity contribution in [3.05, 3.63) is 42.1 Å². The molecule has 0 bridgehead atoms. The van der Waals surface area contributed by atoms with Gasteiger partial charge in [-0.05, 0) is 36.1 Å². The van der Waals surface area contributed by atoms with Crippen LogP contribution in [0.25, 0.3) is 22.2 Å². The van der Waals surface area contributed by atoms with E-state index in [0.717, 1.165) is 22.3 Å². The Morgan fingerprint density at radius 1 is 1.11 bits per heavy atom. The quantitative estimate of drug-likeness (QED) is 0.692. The lowest BCUT2D eigenvalue weighted by atomic mass is 10.1. The molecular formula is C15H22N4. The molecule has 0 amide bonds. The van der Waals surface area contributed by atoms with Crippen LogP contribution in [0.2, 0.25) is 0 Å². The van der Waals surface area contributed by atoms with Gasteiger partial charge in [0.15, 0.2) is 0 Å². The van der Waals surface area contributed by atoms with Crippen molar-refractivity contribution >= 4 is 16.7 Å². The van der Waals surface area contributed by atoms with Gasteiger partial charge in [0.1, 0.15) is 5.82 Å². The maximum Gasteiger partial charge on any atom is 0.146 e. The molecule has 0 aliphatic carbocycles. The smallest absolute Gasteiger partial charge is 0.146 e. The van der Waals surface area contributed by atoms with Gasteiger partial charge in [-0.15, -0.1) is 10.2 Å². The Labute approximate surface area is 115 Å². The summed E-state index contributed by atoms with van der Waals surface area (Å²) in [7, 11) is 0. The highest BCUT2D eigenvalue weighted by Crippen LogP contribution is 2.24. The lowest BCUT2D eigenvalue weighted by Gasteiger charge is -2.04. The van der Waals surface area contributed by atoms with Gasteiger partial charge in [-0.1, -0.05) is 26.0 Å². The summed E-state index contributed by atoms with van der Waals surface area (Å²) in [4.78, 5) is 3.19. The average Bonchev–Trinajstić information content (AvgIpc) is 2.88. The first-order valence-electron chi connectivity index (χ1n) is 6.41. The van der Waals surface area contributed by atoms with Gasteiger partial charge in [-0.3, -0.25) is 0 Å². The first-order valence-corrected chi connectivity index (χ1v) is 6.41. The van der Waals surface area contributed by atoms with Gasteiger partial charge in [-0.25, -0.2) is 0 Å². The fourth-order valence-corrected chi connectivity index (χ4v) is 1.99. The molecule has 0 atom stereocenters. The number of aromatic nitrogens is 3. The molecule has 0 unspecified atom stereocenters. The zero-order valence-electron chi connectivity index (χ0n) is 11.4.